The highest BCUT2D eigenvalue weighted by molar-refractivity contribution is 5.19. The summed E-state index contributed by atoms with van der Waals surface area (Å²) in [6, 6.07) is 0.493. The molecule has 0 spiro atoms. The Kier molecular flexibility index (Phi) is 3.60. The number of aliphatic hydroxyl groups is 1. The molecule has 12 heavy (non-hydrogen) atoms. The molecule has 0 saturated carbocycles. The van der Waals surface area contributed by atoms with Gasteiger partial charge in [-0.1, -0.05) is 13.3 Å². The zero-order valence-corrected chi connectivity index (χ0v) is 7.21. The average molecular weight is 170 g/mol. The summed E-state index contributed by atoms with van der Waals surface area (Å²) < 4.78 is 5.11. The molecule has 0 bridgehead atoms. The van der Waals surface area contributed by atoms with Crippen LogP contribution in [0.2, 0.25) is 0 Å². The molecule has 68 valence electrons. The van der Waals surface area contributed by atoms with Gasteiger partial charge in [0.25, 0.3) is 6.01 Å². The predicted molar refractivity (Wildman–Crippen MR) is 45.8 cm³/mol. The van der Waals surface area contributed by atoms with E-state index >= 15 is 0 Å². The van der Waals surface area contributed by atoms with Crippen molar-refractivity contribution in [3.8, 4) is 0 Å². The van der Waals surface area contributed by atoms with Crippen molar-refractivity contribution in [1.82, 2.24) is 4.98 Å². The van der Waals surface area contributed by atoms with E-state index in [4.69, 9.17) is 9.52 Å². The van der Waals surface area contributed by atoms with Gasteiger partial charge in [-0.15, -0.1) is 0 Å². The molecule has 0 aliphatic rings. The number of nitrogens with one attached hydrogen (secondary N) is 1. The molecule has 1 aromatic rings. The molecular weight excluding hydrogens is 156 g/mol. The lowest BCUT2D eigenvalue weighted by Gasteiger charge is -1.97. The van der Waals surface area contributed by atoms with Crippen molar-refractivity contribution in [2.24, 2.45) is 0 Å². The van der Waals surface area contributed by atoms with E-state index in [1.54, 1.807) is 0 Å². The molecule has 0 radical (unpaired) electrons. The number of oxazole rings is 1. The van der Waals surface area contributed by atoms with E-state index < -0.39 is 0 Å². The molecule has 4 nitrogen and oxygen atoms in total. The van der Waals surface area contributed by atoms with Crippen LogP contribution in [0.4, 0.5) is 6.01 Å². The topological polar surface area (TPSA) is 58.3 Å². The smallest absolute Gasteiger partial charge is 0.294 e. The van der Waals surface area contributed by atoms with Crippen molar-refractivity contribution in [3.05, 3.63) is 12.0 Å². The molecule has 1 aromatic heterocycles. The van der Waals surface area contributed by atoms with Gasteiger partial charge in [0.05, 0.1) is 6.20 Å². The fraction of sp³-hybridized carbons (Fsp3) is 0.625. The van der Waals surface area contributed by atoms with Gasteiger partial charge in [0.2, 0.25) is 0 Å². The molecule has 4 heteroatoms. The van der Waals surface area contributed by atoms with Gasteiger partial charge in [0.15, 0.2) is 5.76 Å². The number of unbranched alkanes of at least 4 members (excludes halogenated alkanes) is 1. The highest BCUT2D eigenvalue weighted by Crippen LogP contribution is 2.08. The Balaban J connectivity index is 2.31. The Morgan fingerprint density at radius 3 is 3.08 bits per heavy atom. The summed E-state index contributed by atoms with van der Waals surface area (Å²) in [5.74, 6) is 0.494. The van der Waals surface area contributed by atoms with Crippen LogP contribution in [0.1, 0.15) is 25.5 Å². The third-order valence-electron chi connectivity index (χ3n) is 1.52. The van der Waals surface area contributed by atoms with E-state index in [9.17, 15) is 0 Å². The Bertz CT molecular complexity index is 223. The van der Waals surface area contributed by atoms with Crippen LogP contribution in [0.5, 0.6) is 0 Å². The van der Waals surface area contributed by atoms with Gasteiger partial charge in [0.1, 0.15) is 6.61 Å². The summed E-state index contributed by atoms with van der Waals surface area (Å²) in [5.41, 5.74) is 0. The van der Waals surface area contributed by atoms with Crippen LogP contribution in [0.3, 0.4) is 0 Å². The quantitative estimate of drug-likeness (QED) is 0.655. The van der Waals surface area contributed by atoms with Gasteiger partial charge < -0.3 is 14.8 Å². The van der Waals surface area contributed by atoms with E-state index in [2.05, 4.69) is 17.2 Å². The van der Waals surface area contributed by atoms with E-state index in [1.807, 2.05) is 0 Å². The predicted octanol–water partition coefficient (Wildman–Crippen LogP) is 1.38. The zero-order valence-electron chi connectivity index (χ0n) is 7.21. The van der Waals surface area contributed by atoms with E-state index in [-0.39, 0.29) is 6.61 Å². The second kappa shape index (κ2) is 4.77. The minimum Gasteiger partial charge on any atom is -0.426 e. The highest BCUT2D eigenvalue weighted by Gasteiger charge is 1.99. The molecule has 1 rings (SSSR count). The maximum absolute atomic E-state index is 8.66. The minimum absolute atomic E-state index is 0.0948. The molecule has 2 N–H and O–H groups in total. The number of aromatic nitrogens is 1. The van der Waals surface area contributed by atoms with Crippen LogP contribution in [0, 0.1) is 0 Å². The molecule has 0 saturated heterocycles. The number of rotatable bonds is 5. The van der Waals surface area contributed by atoms with Crippen molar-refractivity contribution >= 4 is 6.01 Å². The lowest BCUT2D eigenvalue weighted by molar-refractivity contribution is 0.249. The van der Waals surface area contributed by atoms with Crippen LogP contribution < -0.4 is 5.32 Å². The lowest BCUT2D eigenvalue weighted by Crippen LogP contribution is -2.00. The van der Waals surface area contributed by atoms with Gasteiger partial charge in [-0.3, -0.25) is 0 Å². The first kappa shape index (κ1) is 9.06. The largest absolute Gasteiger partial charge is 0.426 e. The second-order valence-corrected chi connectivity index (χ2v) is 2.57. The van der Waals surface area contributed by atoms with Crippen molar-refractivity contribution in [2.45, 2.75) is 26.4 Å². The Labute approximate surface area is 71.6 Å². The van der Waals surface area contributed by atoms with Gasteiger partial charge in [-0.05, 0) is 6.42 Å². The number of anilines is 1. The number of nitrogens with zero attached hydrogens (tertiary/aromatic N) is 1. The number of hydrogen-bond acceptors (Lipinski definition) is 4. The summed E-state index contributed by atoms with van der Waals surface area (Å²) in [6.07, 6.45) is 3.76. The molecule has 0 aliphatic carbocycles. The van der Waals surface area contributed by atoms with Gasteiger partial charge in [-0.2, -0.15) is 0 Å². The van der Waals surface area contributed by atoms with Crippen LogP contribution in [0.15, 0.2) is 10.6 Å². The van der Waals surface area contributed by atoms with Crippen molar-refractivity contribution in [2.75, 3.05) is 11.9 Å². The van der Waals surface area contributed by atoms with Crippen LogP contribution in [0.25, 0.3) is 0 Å². The summed E-state index contributed by atoms with van der Waals surface area (Å²) >= 11 is 0. The van der Waals surface area contributed by atoms with E-state index in [0.29, 0.717) is 11.8 Å². The van der Waals surface area contributed by atoms with E-state index in [1.165, 1.54) is 6.20 Å². The Morgan fingerprint density at radius 1 is 1.67 bits per heavy atom. The van der Waals surface area contributed by atoms with Crippen LogP contribution >= 0.6 is 0 Å². The van der Waals surface area contributed by atoms with Gasteiger partial charge >= 0.3 is 0 Å². The van der Waals surface area contributed by atoms with Crippen molar-refractivity contribution in [3.63, 3.8) is 0 Å². The third kappa shape index (κ3) is 2.54. The number of hydrogen-bond donors (Lipinski definition) is 2. The summed E-state index contributed by atoms with van der Waals surface area (Å²) in [5, 5.41) is 11.7. The van der Waals surface area contributed by atoms with Gasteiger partial charge in [-0.25, -0.2) is 4.98 Å². The van der Waals surface area contributed by atoms with E-state index in [0.717, 1.165) is 19.4 Å². The molecule has 0 atom stereocenters. The lowest BCUT2D eigenvalue weighted by atomic mass is 10.3. The highest BCUT2D eigenvalue weighted by atomic mass is 16.4. The molecule has 0 unspecified atom stereocenters. The first-order valence-electron chi connectivity index (χ1n) is 4.16. The number of aliphatic hydroxyl groups excluding tert-OH is 1. The first-order valence-corrected chi connectivity index (χ1v) is 4.16. The Morgan fingerprint density at radius 2 is 2.50 bits per heavy atom. The summed E-state index contributed by atoms with van der Waals surface area (Å²) in [4.78, 5) is 3.92. The molecule has 0 aromatic carbocycles. The van der Waals surface area contributed by atoms with Crippen LogP contribution in [-0.4, -0.2) is 16.6 Å². The first-order chi connectivity index (χ1) is 5.86. The molecule has 0 aliphatic heterocycles. The summed E-state index contributed by atoms with van der Waals surface area (Å²) in [7, 11) is 0. The molecule has 0 fully saturated rings. The van der Waals surface area contributed by atoms with Crippen molar-refractivity contribution in [1.29, 1.82) is 0 Å². The standard InChI is InChI=1S/C8H14N2O2/c1-2-3-4-9-8-10-5-7(6-11)12-8/h5,11H,2-4,6H2,1H3,(H,9,10). The SMILES string of the molecule is CCCCNc1ncc(CO)o1. The van der Waals surface area contributed by atoms with Crippen molar-refractivity contribution < 1.29 is 9.52 Å². The fourth-order valence-corrected chi connectivity index (χ4v) is 0.834. The van der Waals surface area contributed by atoms with Gasteiger partial charge in [0, 0.05) is 6.54 Å². The molecular formula is C8H14N2O2. The molecule has 0 amide bonds. The van der Waals surface area contributed by atoms with Crippen LogP contribution in [-0.2, 0) is 6.61 Å². The monoisotopic (exact) mass is 170 g/mol. The summed E-state index contributed by atoms with van der Waals surface area (Å²) in [6.45, 7) is 2.89. The molecule has 1 heterocycles. The second-order valence-electron chi connectivity index (χ2n) is 2.57. The Hall–Kier alpha value is -1.03. The fourth-order valence-electron chi connectivity index (χ4n) is 0.834. The maximum Gasteiger partial charge on any atom is 0.294 e. The maximum atomic E-state index is 8.66. The minimum atomic E-state index is -0.0948. The average Bonchev–Trinajstić information content (AvgIpc) is 2.53. The zero-order chi connectivity index (χ0) is 8.81. The third-order valence-corrected chi connectivity index (χ3v) is 1.52. The normalized spacial score (nSPS) is 10.2.